The van der Waals surface area contributed by atoms with Gasteiger partial charge in [-0.2, -0.15) is 0 Å². The molecule has 0 aliphatic rings. The Hall–Kier alpha value is -1.27. The van der Waals surface area contributed by atoms with Crippen molar-refractivity contribution in [3.63, 3.8) is 0 Å². The molecule has 1 heterocycles. The number of nitrogens with zero attached hydrogens (tertiary/aromatic N) is 2. The summed E-state index contributed by atoms with van der Waals surface area (Å²) in [6.07, 6.45) is 10.9. The van der Waals surface area contributed by atoms with Gasteiger partial charge in [0.05, 0.1) is 12.9 Å². The van der Waals surface area contributed by atoms with Crippen molar-refractivity contribution >= 4 is 0 Å². The molecule has 0 bridgehead atoms. The Bertz CT molecular complexity index is 314. The lowest BCUT2D eigenvalue weighted by atomic mass is 9.86. The first kappa shape index (κ1) is 11.8. The van der Waals surface area contributed by atoms with E-state index in [-0.39, 0.29) is 5.41 Å². The monoisotopic (exact) mass is 205 g/mol. The van der Waals surface area contributed by atoms with Crippen LogP contribution >= 0.6 is 0 Å². The summed E-state index contributed by atoms with van der Waals surface area (Å²) in [7, 11) is 0. The van der Waals surface area contributed by atoms with Gasteiger partial charge in [0.25, 0.3) is 0 Å². The predicted octanol–water partition coefficient (Wildman–Crippen LogP) is 1.52. The number of aromatic nitrogens is 2. The molecule has 1 atom stereocenters. The molecule has 1 unspecified atom stereocenters. The fourth-order valence-electron chi connectivity index (χ4n) is 1.43. The Labute approximate surface area is 91.9 Å². The van der Waals surface area contributed by atoms with E-state index in [1.54, 1.807) is 6.20 Å². The van der Waals surface area contributed by atoms with Gasteiger partial charge in [-0.1, -0.05) is 26.7 Å². The molecule has 0 saturated carbocycles. The van der Waals surface area contributed by atoms with E-state index in [9.17, 15) is 0 Å². The summed E-state index contributed by atoms with van der Waals surface area (Å²) in [5.41, 5.74) is 0.182. The first-order valence-electron chi connectivity index (χ1n) is 5.16. The van der Waals surface area contributed by atoms with Crippen LogP contribution in [0, 0.1) is 17.8 Å². The van der Waals surface area contributed by atoms with Crippen molar-refractivity contribution in [1.29, 1.82) is 0 Å². The Morgan fingerprint density at radius 1 is 1.53 bits per heavy atom. The molecule has 15 heavy (non-hydrogen) atoms. The van der Waals surface area contributed by atoms with Gasteiger partial charge in [0, 0.05) is 25.0 Å². The molecular weight excluding hydrogens is 186 g/mol. The lowest BCUT2D eigenvalue weighted by Gasteiger charge is -2.31. The van der Waals surface area contributed by atoms with E-state index in [0.29, 0.717) is 12.6 Å². The summed E-state index contributed by atoms with van der Waals surface area (Å²) in [6, 6.07) is 0.350. The second-order valence-electron chi connectivity index (χ2n) is 4.76. The van der Waals surface area contributed by atoms with E-state index >= 15 is 0 Å². The lowest BCUT2D eigenvalue weighted by Crippen LogP contribution is -2.43. The Morgan fingerprint density at radius 2 is 2.27 bits per heavy atom. The van der Waals surface area contributed by atoms with Crippen LogP contribution in [0.1, 0.15) is 20.8 Å². The number of rotatable bonds is 4. The first-order valence-corrected chi connectivity index (χ1v) is 5.16. The normalized spacial score (nSPS) is 13.5. The molecule has 0 radical (unpaired) electrons. The van der Waals surface area contributed by atoms with E-state index in [0.717, 1.165) is 6.54 Å². The maximum absolute atomic E-state index is 5.26. The van der Waals surface area contributed by atoms with Gasteiger partial charge in [0.2, 0.25) is 0 Å². The molecule has 0 aliphatic carbocycles. The molecule has 1 rings (SSSR count). The van der Waals surface area contributed by atoms with Crippen LogP contribution in [0.5, 0.6) is 0 Å². The average Bonchev–Trinajstić information content (AvgIpc) is 2.62. The van der Waals surface area contributed by atoms with Crippen molar-refractivity contribution in [3.05, 3.63) is 18.7 Å². The molecule has 1 aromatic heterocycles. The molecule has 0 aromatic carbocycles. The minimum atomic E-state index is 0.182. The van der Waals surface area contributed by atoms with Gasteiger partial charge in [-0.05, 0) is 5.41 Å². The van der Waals surface area contributed by atoms with Crippen LogP contribution in [0.3, 0.4) is 0 Å². The third-order valence-electron chi connectivity index (χ3n) is 2.45. The fourth-order valence-corrected chi connectivity index (χ4v) is 1.43. The lowest BCUT2D eigenvalue weighted by molar-refractivity contribution is 0.249. The minimum absolute atomic E-state index is 0.182. The van der Waals surface area contributed by atoms with Gasteiger partial charge < -0.3 is 9.88 Å². The van der Waals surface area contributed by atoms with E-state index in [1.807, 2.05) is 12.5 Å². The highest BCUT2D eigenvalue weighted by Gasteiger charge is 2.23. The Morgan fingerprint density at radius 3 is 2.73 bits per heavy atom. The SMILES string of the molecule is C#CCNC(Cn1ccnc1)C(C)(C)C. The van der Waals surface area contributed by atoms with Crippen molar-refractivity contribution < 1.29 is 0 Å². The highest BCUT2D eigenvalue weighted by atomic mass is 15.1. The van der Waals surface area contributed by atoms with E-state index in [1.165, 1.54) is 0 Å². The van der Waals surface area contributed by atoms with Gasteiger partial charge >= 0.3 is 0 Å². The summed E-state index contributed by atoms with van der Waals surface area (Å²) in [5.74, 6) is 2.61. The molecule has 82 valence electrons. The zero-order valence-electron chi connectivity index (χ0n) is 9.70. The van der Waals surface area contributed by atoms with Crippen LogP contribution in [0.4, 0.5) is 0 Å². The number of nitrogens with one attached hydrogen (secondary N) is 1. The van der Waals surface area contributed by atoms with Gasteiger partial charge in [0.15, 0.2) is 0 Å². The maximum atomic E-state index is 5.26. The van der Waals surface area contributed by atoms with Crippen LogP contribution in [-0.4, -0.2) is 22.1 Å². The highest BCUT2D eigenvalue weighted by molar-refractivity contribution is 4.91. The van der Waals surface area contributed by atoms with Gasteiger partial charge in [-0.15, -0.1) is 6.42 Å². The van der Waals surface area contributed by atoms with Crippen molar-refractivity contribution in [2.24, 2.45) is 5.41 Å². The molecule has 0 aliphatic heterocycles. The topological polar surface area (TPSA) is 29.9 Å². The smallest absolute Gasteiger partial charge is 0.0946 e. The first-order chi connectivity index (χ1) is 7.04. The van der Waals surface area contributed by atoms with Gasteiger partial charge in [-0.3, -0.25) is 0 Å². The van der Waals surface area contributed by atoms with Crippen molar-refractivity contribution in [2.45, 2.75) is 33.4 Å². The summed E-state index contributed by atoms with van der Waals surface area (Å²) in [6.45, 7) is 8.12. The zero-order chi connectivity index (χ0) is 11.3. The zero-order valence-corrected chi connectivity index (χ0v) is 9.70. The molecule has 0 saturated heterocycles. The van der Waals surface area contributed by atoms with Crippen molar-refractivity contribution in [1.82, 2.24) is 14.9 Å². The van der Waals surface area contributed by atoms with Crippen LogP contribution in [0.15, 0.2) is 18.7 Å². The number of terminal acetylenes is 1. The van der Waals surface area contributed by atoms with Crippen LogP contribution < -0.4 is 5.32 Å². The molecule has 0 spiro atoms. The molecule has 3 nitrogen and oxygen atoms in total. The van der Waals surface area contributed by atoms with Crippen LogP contribution in [-0.2, 0) is 6.54 Å². The third kappa shape index (κ3) is 3.77. The largest absolute Gasteiger partial charge is 0.336 e. The van der Waals surface area contributed by atoms with Crippen LogP contribution in [0.2, 0.25) is 0 Å². The number of hydrogen-bond acceptors (Lipinski definition) is 2. The fraction of sp³-hybridized carbons (Fsp3) is 0.583. The molecule has 3 heteroatoms. The second-order valence-corrected chi connectivity index (χ2v) is 4.76. The van der Waals surface area contributed by atoms with Gasteiger partial charge in [0.1, 0.15) is 0 Å². The van der Waals surface area contributed by atoms with Crippen molar-refractivity contribution in [3.8, 4) is 12.3 Å². The van der Waals surface area contributed by atoms with Crippen molar-refractivity contribution in [2.75, 3.05) is 6.54 Å². The van der Waals surface area contributed by atoms with Gasteiger partial charge in [-0.25, -0.2) is 4.98 Å². The summed E-state index contributed by atoms with van der Waals surface area (Å²) < 4.78 is 2.07. The van der Waals surface area contributed by atoms with E-state index in [4.69, 9.17) is 6.42 Å². The summed E-state index contributed by atoms with van der Waals surface area (Å²) in [5, 5.41) is 3.36. The third-order valence-corrected chi connectivity index (χ3v) is 2.45. The van der Waals surface area contributed by atoms with E-state index in [2.05, 4.69) is 41.6 Å². The maximum Gasteiger partial charge on any atom is 0.0946 e. The molecule has 1 N–H and O–H groups in total. The average molecular weight is 205 g/mol. The molecule has 0 fully saturated rings. The number of imidazole rings is 1. The highest BCUT2D eigenvalue weighted by Crippen LogP contribution is 2.20. The quantitative estimate of drug-likeness (QED) is 0.755. The molecule has 0 amide bonds. The predicted molar refractivity (Wildman–Crippen MR) is 62.3 cm³/mol. The molecular formula is C12H19N3. The molecule has 1 aromatic rings. The summed E-state index contributed by atoms with van der Waals surface area (Å²) in [4.78, 5) is 4.03. The minimum Gasteiger partial charge on any atom is -0.336 e. The second kappa shape index (κ2) is 4.99. The Balaban J connectivity index is 2.62. The summed E-state index contributed by atoms with van der Waals surface area (Å²) >= 11 is 0. The Kier molecular flexibility index (Phi) is 3.93. The van der Waals surface area contributed by atoms with Crippen LogP contribution in [0.25, 0.3) is 0 Å². The standard InChI is InChI=1S/C12H19N3/c1-5-6-14-11(12(2,3)4)9-15-8-7-13-10-15/h1,7-8,10-11,14H,6,9H2,2-4H3. The van der Waals surface area contributed by atoms with E-state index < -0.39 is 0 Å². The number of hydrogen-bond donors (Lipinski definition) is 1.